The molecule has 1 aliphatic heterocycles. The Balaban J connectivity index is 1.35. The monoisotopic (exact) mass is 480 g/mol. The number of benzene rings is 3. The molecule has 0 atom stereocenters. The van der Waals surface area contributed by atoms with Crippen LogP contribution in [0.4, 0.5) is 16.4 Å². The number of fused-ring (bicyclic) bond motifs is 3. The second kappa shape index (κ2) is 8.88. The van der Waals surface area contributed by atoms with Crippen molar-refractivity contribution in [2.45, 2.75) is 6.54 Å². The number of imidazole rings is 1. The minimum Gasteiger partial charge on any atom is -0.491 e. The molecule has 0 spiro atoms. The van der Waals surface area contributed by atoms with Gasteiger partial charge in [-0.15, -0.1) is 0 Å². The zero-order valence-corrected chi connectivity index (χ0v) is 20.1. The van der Waals surface area contributed by atoms with Gasteiger partial charge in [-0.05, 0) is 47.5 Å². The molecule has 1 amide bonds. The number of carbonyl (C=O) groups excluding carboxylic acids is 1. The molecular weight excluding hydrogens is 454 g/mol. The van der Waals surface area contributed by atoms with Gasteiger partial charge < -0.3 is 14.4 Å². The van der Waals surface area contributed by atoms with E-state index in [0.717, 1.165) is 63.2 Å². The topological polar surface area (TPSA) is 83.4 Å². The van der Waals surface area contributed by atoms with Crippen molar-refractivity contribution in [3.05, 3.63) is 78.5 Å². The summed E-state index contributed by atoms with van der Waals surface area (Å²) in [6, 6.07) is 22.9. The Bertz CT molecular complexity index is 1600. The number of methoxy groups -OCH3 is 1. The van der Waals surface area contributed by atoms with Gasteiger partial charge in [0.2, 0.25) is 0 Å². The summed E-state index contributed by atoms with van der Waals surface area (Å²) in [5, 5.41) is 3.85. The molecule has 1 aliphatic rings. The lowest BCUT2D eigenvalue weighted by molar-refractivity contribution is -0.629. The van der Waals surface area contributed by atoms with E-state index in [-0.39, 0.29) is 0 Å². The molecule has 3 heterocycles. The van der Waals surface area contributed by atoms with Crippen LogP contribution in [0.25, 0.3) is 33.1 Å². The van der Waals surface area contributed by atoms with E-state index in [1.165, 1.54) is 7.11 Å². The number of anilines is 2. The molecule has 0 bridgehead atoms. The van der Waals surface area contributed by atoms with Crippen LogP contribution in [-0.4, -0.2) is 36.3 Å². The SMILES string of the molecule is COC(=O)Nc1[nH]c2cc(-c3ccc4c(c3)CN(c3ccnc5ccccc35)CCO4)ccc2[n+]1C. The maximum absolute atomic E-state index is 11.7. The molecule has 2 N–H and O–H groups in total. The van der Waals surface area contributed by atoms with E-state index in [2.05, 4.69) is 68.7 Å². The van der Waals surface area contributed by atoms with Crippen molar-refractivity contribution in [1.82, 2.24) is 9.97 Å². The molecule has 8 nitrogen and oxygen atoms in total. The van der Waals surface area contributed by atoms with Crippen molar-refractivity contribution >= 4 is 39.7 Å². The van der Waals surface area contributed by atoms with Gasteiger partial charge in [0.15, 0.2) is 0 Å². The number of nitrogens with one attached hydrogen (secondary N) is 2. The van der Waals surface area contributed by atoms with E-state index < -0.39 is 6.09 Å². The smallest absolute Gasteiger partial charge is 0.476 e. The number of nitrogens with zero attached hydrogens (tertiary/aromatic N) is 3. The Morgan fingerprint density at radius 1 is 1.11 bits per heavy atom. The Labute approximate surface area is 208 Å². The molecule has 0 saturated heterocycles. The first-order valence-electron chi connectivity index (χ1n) is 11.8. The van der Waals surface area contributed by atoms with E-state index in [1.54, 1.807) is 0 Å². The van der Waals surface area contributed by atoms with Gasteiger partial charge in [-0.1, -0.05) is 30.3 Å². The quantitative estimate of drug-likeness (QED) is 0.363. The molecule has 36 heavy (non-hydrogen) atoms. The lowest BCUT2D eigenvalue weighted by Gasteiger charge is -2.23. The molecule has 0 radical (unpaired) electrons. The van der Waals surface area contributed by atoms with Crippen molar-refractivity contribution < 1.29 is 18.8 Å². The molecule has 0 unspecified atom stereocenters. The van der Waals surface area contributed by atoms with Crippen molar-refractivity contribution in [2.24, 2.45) is 7.05 Å². The van der Waals surface area contributed by atoms with Crippen molar-refractivity contribution in [2.75, 3.05) is 30.5 Å². The van der Waals surface area contributed by atoms with Gasteiger partial charge in [0.05, 0.1) is 26.2 Å². The van der Waals surface area contributed by atoms with Crippen LogP contribution in [0.15, 0.2) is 72.9 Å². The van der Waals surface area contributed by atoms with Crippen LogP contribution >= 0.6 is 0 Å². The number of para-hydroxylation sites is 1. The Hall–Kier alpha value is -4.59. The van der Waals surface area contributed by atoms with Crippen LogP contribution in [0.3, 0.4) is 0 Å². The Kier molecular flexibility index (Phi) is 5.41. The van der Waals surface area contributed by atoms with Gasteiger partial charge in [0, 0.05) is 29.4 Å². The zero-order chi connectivity index (χ0) is 24.6. The van der Waals surface area contributed by atoms with E-state index in [1.807, 2.05) is 36.0 Å². The van der Waals surface area contributed by atoms with Gasteiger partial charge >= 0.3 is 12.0 Å². The highest BCUT2D eigenvalue weighted by atomic mass is 16.5. The van der Waals surface area contributed by atoms with Crippen LogP contribution in [0.1, 0.15) is 5.56 Å². The molecule has 180 valence electrons. The van der Waals surface area contributed by atoms with Gasteiger partial charge in [0.25, 0.3) is 0 Å². The predicted molar refractivity (Wildman–Crippen MR) is 139 cm³/mol. The van der Waals surface area contributed by atoms with E-state index in [4.69, 9.17) is 9.47 Å². The van der Waals surface area contributed by atoms with Gasteiger partial charge in [0.1, 0.15) is 23.4 Å². The number of pyridine rings is 1. The summed E-state index contributed by atoms with van der Waals surface area (Å²) in [6.07, 6.45) is 1.35. The predicted octanol–water partition coefficient (Wildman–Crippen LogP) is 4.78. The summed E-state index contributed by atoms with van der Waals surface area (Å²) in [5.41, 5.74) is 7.34. The number of carbonyl (C=O) groups is 1. The molecule has 2 aromatic heterocycles. The summed E-state index contributed by atoms with van der Waals surface area (Å²) < 4.78 is 12.7. The lowest BCUT2D eigenvalue weighted by atomic mass is 10.0. The standard InChI is InChI=1S/C28H25N5O3/c1-32-25-9-7-19(16-23(25)30-27(32)31-28(34)35-2)18-8-10-26-20(15-18)17-33(13-14-36-26)24-11-12-29-22-6-4-3-5-21(22)24/h3-12,15-16H,13-14,17H2,1-2H3,(H,30,31,34)/p+1. The maximum atomic E-state index is 11.7. The fourth-order valence-electron chi connectivity index (χ4n) is 4.84. The normalized spacial score (nSPS) is 13.2. The van der Waals surface area contributed by atoms with Crippen molar-refractivity contribution in [3.8, 4) is 16.9 Å². The molecule has 0 aliphatic carbocycles. The van der Waals surface area contributed by atoms with Gasteiger partial charge in [-0.2, -0.15) is 5.32 Å². The van der Waals surface area contributed by atoms with Gasteiger partial charge in [-0.25, -0.2) is 14.3 Å². The second-order valence-electron chi connectivity index (χ2n) is 8.82. The summed E-state index contributed by atoms with van der Waals surface area (Å²) in [4.78, 5) is 21.8. The van der Waals surface area contributed by atoms with Crippen LogP contribution in [-0.2, 0) is 18.3 Å². The van der Waals surface area contributed by atoms with Crippen LogP contribution in [0, 0.1) is 0 Å². The molecule has 8 heteroatoms. The molecule has 0 saturated carbocycles. The highest BCUT2D eigenvalue weighted by Gasteiger charge is 2.20. The van der Waals surface area contributed by atoms with Crippen LogP contribution < -0.4 is 19.5 Å². The number of rotatable bonds is 3. The Morgan fingerprint density at radius 3 is 2.83 bits per heavy atom. The van der Waals surface area contributed by atoms with E-state index in [0.29, 0.717) is 12.6 Å². The summed E-state index contributed by atoms with van der Waals surface area (Å²) in [6.45, 7) is 2.15. The number of aromatic amines is 1. The number of hydrogen-bond donors (Lipinski definition) is 2. The van der Waals surface area contributed by atoms with E-state index >= 15 is 0 Å². The second-order valence-corrected chi connectivity index (χ2v) is 8.82. The number of aryl methyl sites for hydroxylation is 1. The molecule has 5 aromatic rings. The highest BCUT2D eigenvalue weighted by Crippen LogP contribution is 2.33. The highest BCUT2D eigenvalue weighted by molar-refractivity contribution is 5.91. The zero-order valence-electron chi connectivity index (χ0n) is 20.1. The summed E-state index contributed by atoms with van der Waals surface area (Å²) >= 11 is 0. The van der Waals surface area contributed by atoms with Crippen molar-refractivity contribution in [1.29, 1.82) is 0 Å². The molecule has 6 rings (SSSR count). The van der Waals surface area contributed by atoms with Crippen molar-refractivity contribution in [3.63, 3.8) is 0 Å². The minimum atomic E-state index is -0.519. The third kappa shape index (κ3) is 3.86. The summed E-state index contributed by atoms with van der Waals surface area (Å²) in [5.74, 6) is 1.47. The maximum Gasteiger partial charge on any atom is 0.476 e. The third-order valence-electron chi connectivity index (χ3n) is 6.69. The first-order chi connectivity index (χ1) is 17.6. The van der Waals surface area contributed by atoms with Gasteiger partial charge in [-0.3, -0.25) is 4.98 Å². The van der Waals surface area contributed by atoms with Crippen LogP contribution in [0.5, 0.6) is 5.75 Å². The first kappa shape index (κ1) is 21.9. The Morgan fingerprint density at radius 2 is 1.94 bits per heavy atom. The molecule has 0 fully saturated rings. The fourth-order valence-corrected chi connectivity index (χ4v) is 4.84. The summed E-state index contributed by atoms with van der Waals surface area (Å²) in [7, 11) is 3.23. The first-order valence-corrected chi connectivity index (χ1v) is 11.8. The number of ether oxygens (including phenoxy) is 2. The average Bonchev–Trinajstić information content (AvgIpc) is 3.08. The number of aromatic nitrogens is 3. The number of amides is 1. The number of hydrogen-bond acceptors (Lipinski definition) is 5. The largest absolute Gasteiger partial charge is 0.491 e. The van der Waals surface area contributed by atoms with Crippen LogP contribution in [0.2, 0.25) is 0 Å². The average molecular weight is 481 g/mol. The number of H-pyrrole nitrogens is 1. The fraction of sp³-hybridized carbons (Fsp3) is 0.179. The molecular formula is C28H26N5O3+. The molecule has 3 aromatic carbocycles. The minimum absolute atomic E-state index is 0.519. The third-order valence-corrected chi connectivity index (χ3v) is 6.69. The lowest BCUT2D eigenvalue weighted by Crippen LogP contribution is -2.32. The van der Waals surface area contributed by atoms with E-state index in [9.17, 15) is 4.79 Å².